The third kappa shape index (κ3) is 2.74. The number of ether oxygens (including phenoxy) is 1. The molecule has 0 atom stereocenters. The first kappa shape index (κ1) is 12.1. The minimum Gasteiger partial charge on any atom is -0.404 e. The Balaban J connectivity index is 3.20. The van der Waals surface area contributed by atoms with Gasteiger partial charge in [-0.15, -0.1) is 13.2 Å². The van der Waals surface area contributed by atoms with Gasteiger partial charge in [-0.25, -0.2) is 4.98 Å². The highest BCUT2D eigenvalue weighted by Crippen LogP contribution is 2.28. The molecule has 0 fully saturated rings. The topological polar surface area (TPSA) is 98.0 Å². The summed E-state index contributed by atoms with van der Waals surface area (Å²) >= 11 is 0. The van der Waals surface area contributed by atoms with E-state index in [0.717, 1.165) is 6.07 Å². The molecule has 0 aliphatic heterocycles. The van der Waals surface area contributed by atoms with Gasteiger partial charge in [0.05, 0.1) is 11.4 Å². The van der Waals surface area contributed by atoms with Crippen LogP contribution in [0.1, 0.15) is 11.4 Å². The molecule has 0 radical (unpaired) electrons. The fraction of sp³-hybridized carbons (Fsp3) is 0.250. The first-order valence-electron chi connectivity index (χ1n) is 4.02. The Hall–Kier alpha value is -2.01. The summed E-state index contributed by atoms with van der Waals surface area (Å²) in [7, 11) is 0. The maximum absolute atomic E-state index is 12.0. The van der Waals surface area contributed by atoms with Gasteiger partial charge in [0, 0.05) is 12.6 Å². The van der Waals surface area contributed by atoms with Gasteiger partial charge in [0.15, 0.2) is 11.4 Å². The van der Waals surface area contributed by atoms with E-state index in [1.165, 1.54) is 0 Å². The van der Waals surface area contributed by atoms with Crippen molar-refractivity contribution >= 4 is 5.69 Å². The van der Waals surface area contributed by atoms with E-state index >= 15 is 0 Å². The van der Waals surface area contributed by atoms with E-state index in [-0.39, 0.29) is 23.6 Å². The average molecular weight is 232 g/mol. The molecule has 0 saturated heterocycles. The number of nitrogens with two attached hydrogens (primary N) is 2. The molecule has 0 unspecified atom stereocenters. The van der Waals surface area contributed by atoms with Gasteiger partial charge in [-0.2, -0.15) is 5.26 Å². The number of alkyl halides is 3. The molecule has 5 nitrogen and oxygen atoms in total. The first-order chi connectivity index (χ1) is 7.37. The van der Waals surface area contributed by atoms with Crippen molar-refractivity contribution in [3.63, 3.8) is 0 Å². The van der Waals surface area contributed by atoms with Crippen molar-refractivity contribution in [2.24, 2.45) is 5.73 Å². The van der Waals surface area contributed by atoms with Crippen molar-refractivity contribution in [2.75, 3.05) is 5.73 Å². The molecule has 1 aromatic rings. The molecule has 1 rings (SSSR count). The van der Waals surface area contributed by atoms with E-state index < -0.39 is 12.1 Å². The lowest BCUT2D eigenvalue weighted by molar-refractivity contribution is -0.275. The van der Waals surface area contributed by atoms with Crippen LogP contribution in [0.2, 0.25) is 0 Å². The van der Waals surface area contributed by atoms with Crippen LogP contribution in [0.25, 0.3) is 0 Å². The van der Waals surface area contributed by atoms with E-state index in [0.29, 0.717) is 0 Å². The lowest BCUT2D eigenvalue weighted by Crippen LogP contribution is -2.19. The van der Waals surface area contributed by atoms with E-state index in [4.69, 9.17) is 16.7 Å². The summed E-state index contributed by atoms with van der Waals surface area (Å²) in [6.07, 6.45) is -4.85. The number of nitrogens with zero attached hydrogens (tertiary/aromatic N) is 2. The highest BCUT2D eigenvalue weighted by molar-refractivity contribution is 5.54. The third-order valence-corrected chi connectivity index (χ3v) is 1.62. The average Bonchev–Trinajstić information content (AvgIpc) is 2.16. The van der Waals surface area contributed by atoms with Crippen LogP contribution in [0.15, 0.2) is 6.07 Å². The molecule has 0 bridgehead atoms. The Morgan fingerprint density at radius 3 is 2.56 bits per heavy atom. The predicted molar refractivity (Wildman–Crippen MR) is 47.9 cm³/mol. The van der Waals surface area contributed by atoms with Gasteiger partial charge in [0.1, 0.15) is 6.07 Å². The lowest BCUT2D eigenvalue weighted by Gasteiger charge is -2.12. The molecular formula is C8H7F3N4O. The minimum atomic E-state index is -4.85. The summed E-state index contributed by atoms with van der Waals surface area (Å²) in [6.45, 7) is -0.291. The van der Waals surface area contributed by atoms with Crippen molar-refractivity contribution < 1.29 is 17.9 Å². The maximum atomic E-state index is 12.0. The number of halogens is 3. The van der Waals surface area contributed by atoms with Crippen molar-refractivity contribution in [1.82, 2.24) is 4.98 Å². The smallest absolute Gasteiger partial charge is 0.404 e. The van der Waals surface area contributed by atoms with Gasteiger partial charge >= 0.3 is 6.36 Å². The summed E-state index contributed by atoms with van der Waals surface area (Å²) in [5.41, 5.74) is 9.93. The molecule has 0 aromatic carbocycles. The molecule has 0 aliphatic carbocycles. The normalized spacial score (nSPS) is 10.9. The molecule has 1 aromatic heterocycles. The van der Waals surface area contributed by atoms with Crippen molar-refractivity contribution in [2.45, 2.75) is 12.9 Å². The quantitative estimate of drug-likeness (QED) is 0.789. The van der Waals surface area contributed by atoms with E-state index in [9.17, 15) is 13.2 Å². The fourth-order valence-electron chi connectivity index (χ4n) is 0.996. The highest BCUT2D eigenvalue weighted by atomic mass is 19.4. The number of pyridine rings is 1. The molecular weight excluding hydrogens is 225 g/mol. The zero-order valence-corrected chi connectivity index (χ0v) is 7.88. The number of nitrogen functional groups attached to an aromatic ring is 1. The predicted octanol–water partition coefficient (Wildman–Crippen LogP) is 0.893. The number of nitriles is 1. The van der Waals surface area contributed by atoms with Gasteiger partial charge in [0.2, 0.25) is 0 Å². The molecule has 4 N–H and O–H groups in total. The van der Waals surface area contributed by atoms with Crippen LogP contribution >= 0.6 is 0 Å². The Kier molecular flexibility index (Phi) is 3.20. The Bertz CT molecular complexity index is 438. The van der Waals surface area contributed by atoms with Crippen LogP contribution in [-0.4, -0.2) is 11.3 Å². The zero-order chi connectivity index (χ0) is 12.3. The summed E-state index contributed by atoms with van der Waals surface area (Å²) in [5.74, 6) is -0.591. The van der Waals surface area contributed by atoms with Crippen LogP contribution < -0.4 is 16.2 Å². The van der Waals surface area contributed by atoms with E-state index in [2.05, 4.69) is 9.72 Å². The summed E-state index contributed by atoms with van der Waals surface area (Å²) in [6, 6.07) is 2.51. The Morgan fingerprint density at radius 2 is 2.12 bits per heavy atom. The van der Waals surface area contributed by atoms with Crippen molar-refractivity contribution in [1.29, 1.82) is 5.26 Å². The van der Waals surface area contributed by atoms with Gasteiger partial charge in [-0.3, -0.25) is 0 Å². The molecule has 86 valence electrons. The Labute approximate surface area is 88.4 Å². The fourth-order valence-corrected chi connectivity index (χ4v) is 0.996. The maximum Gasteiger partial charge on any atom is 0.573 e. The molecule has 8 heteroatoms. The van der Waals surface area contributed by atoms with Crippen molar-refractivity contribution in [3.8, 4) is 11.8 Å². The first-order valence-corrected chi connectivity index (χ1v) is 4.02. The van der Waals surface area contributed by atoms with E-state index in [1.54, 1.807) is 6.07 Å². The van der Waals surface area contributed by atoms with Crippen LogP contribution in [0, 0.1) is 11.3 Å². The number of hydrogen-bond acceptors (Lipinski definition) is 5. The standard InChI is InChI=1S/C8H7F3N4O/c9-8(10,11)16-7-1-4(14)5(2-12)15-6(7)3-13/h1H,3,13-14H2. The van der Waals surface area contributed by atoms with Crippen molar-refractivity contribution in [3.05, 3.63) is 17.5 Å². The molecule has 1 heterocycles. The minimum absolute atomic E-state index is 0.178. The second kappa shape index (κ2) is 4.24. The zero-order valence-electron chi connectivity index (χ0n) is 7.88. The highest BCUT2D eigenvalue weighted by Gasteiger charge is 2.32. The second-order valence-corrected chi connectivity index (χ2v) is 2.73. The molecule has 16 heavy (non-hydrogen) atoms. The van der Waals surface area contributed by atoms with Gasteiger partial charge in [-0.1, -0.05) is 0 Å². The number of hydrogen-bond donors (Lipinski definition) is 2. The summed E-state index contributed by atoms with van der Waals surface area (Å²) in [4.78, 5) is 3.56. The SMILES string of the molecule is N#Cc1nc(CN)c(OC(F)(F)F)cc1N. The summed E-state index contributed by atoms with van der Waals surface area (Å²) in [5, 5.41) is 8.57. The number of anilines is 1. The van der Waals surface area contributed by atoms with Gasteiger partial charge in [0.25, 0.3) is 0 Å². The lowest BCUT2D eigenvalue weighted by atomic mass is 10.2. The number of rotatable bonds is 2. The van der Waals surface area contributed by atoms with E-state index in [1.807, 2.05) is 0 Å². The van der Waals surface area contributed by atoms with Gasteiger partial charge < -0.3 is 16.2 Å². The molecule has 0 amide bonds. The monoisotopic (exact) mass is 232 g/mol. The van der Waals surface area contributed by atoms with Crippen LogP contribution in [0.3, 0.4) is 0 Å². The van der Waals surface area contributed by atoms with Crippen LogP contribution in [0.4, 0.5) is 18.9 Å². The largest absolute Gasteiger partial charge is 0.573 e. The molecule has 0 aliphatic rings. The van der Waals surface area contributed by atoms with Crippen LogP contribution in [0.5, 0.6) is 5.75 Å². The van der Waals surface area contributed by atoms with Crippen LogP contribution in [-0.2, 0) is 6.54 Å². The molecule has 0 spiro atoms. The molecule has 0 saturated carbocycles. The summed E-state index contributed by atoms with van der Waals surface area (Å²) < 4.78 is 39.6. The number of aromatic nitrogens is 1. The third-order valence-electron chi connectivity index (χ3n) is 1.62. The second-order valence-electron chi connectivity index (χ2n) is 2.73. The van der Waals surface area contributed by atoms with Gasteiger partial charge in [-0.05, 0) is 0 Å². The Morgan fingerprint density at radius 1 is 1.50 bits per heavy atom.